The van der Waals surface area contributed by atoms with Crippen LogP contribution in [0.15, 0.2) is 12.2 Å². The Labute approximate surface area is 149 Å². The van der Waals surface area contributed by atoms with Crippen molar-refractivity contribution in [1.29, 1.82) is 0 Å². The first-order valence-corrected chi connectivity index (χ1v) is 10.1. The van der Waals surface area contributed by atoms with E-state index in [4.69, 9.17) is 5.73 Å². The average molecular weight is 338 g/mol. The first-order valence-electron chi connectivity index (χ1n) is 10.1. The molecule has 0 aromatic rings. The Balaban J connectivity index is 3.29. The van der Waals surface area contributed by atoms with Crippen LogP contribution in [-0.2, 0) is 9.59 Å². The quantitative estimate of drug-likeness (QED) is 0.210. The van der Waals surface area contributed by atoms with Crippen molar-refractivity contribution in [3.8, 4) is 0 Å². The summed E-state index contributed by atoms with van der Waals surface area (Å²) in [5.74, 6) is -1.14. The van der Waals surface area contributed by atoms with Crippen molar-refractivity contribution in [3.05, 3.63) is 12.2 Å². The van der Waals surface area contributed by atoms with Crippen LogP contribution in [0.1, 0.15) is 104 Å². The molecule has 0 bridgehead atoms. The lowest BCUT2D eigenvalue weighted by atomic mass is 10.00. The molecule has 0 saturated heterocycles. The van der Waals surface area contributed by atoms with Crippen LogP contribution >= 0.6 is 0 Å². The van der Waals surface area contributed by atoms with Crippen LogP contribution in [0.4, 0.5) is 0 Å². The lowest BCUT2D eigenvalue weighted by Crippen LogP contribution is -2.27. The van der Waals surface area contributed by atoms with Gasteiger partial charge in [0.1, 0.15) is 5.78 Å². The van der Waals surface area contributed by atoms with Gasteiger partial charge in [0, 0.05) is 6.42 Å². The predicted octanol–water partition coefficient (Wildman–Crippen LogP) is 5.71. The van der Waals surface area contributed by atoms with E-state index in [0.29, 0.717) is 6.42 Å². The molecule has 0 heterocycles. The molecule has 1 amide bonds. The molecule has 3 heteroatoms. The number of hydrogen-bond acceptors (Lipinski definition) is 2. The van der Waals surface area contributed by atoms with Gasteiger partial charge in [0.25, 0.3) is 0 Å². The third-order valence-electron chi connectivity index (χ3n) is 4.59. The third-order valence-corrected chi connectivity index (χ3v) is 4.59. The van der Waals surface area contributed by atoms with E-state index in [1.807, 2.05) is 0 Å². The van der Waals surface area contributed by atoms with Gasteiger partial charge in [-0.25, -0.2) is 0 Å². The normalized spacial score (nSPS) is 12.6. The first-order chi connectivity index (χ1) is 11.6. The molecule has 140 valence electrons. The Hall–Kier alpha value is -1.12. The zero-order valence-corrected chi connectivity index (χ0v) is 16.0. The smallest absolute Gasteiger partial charge is 0.227 e. The van der Waals surface area contributed by atoms with Gasteiger partial charge in [-0.1, -0.05) is 70.4 Å². The first kappa shape index (κ1) is 22.9. The van der Waals surface area contributed by atoms with Gasteiger partial charge < -0.3 is 5.73 Å². The molecule has 2 N–H and O–H groups in total. The summed E-state index contributed by atoms with van der Waals surface area (Å²) in [6.07, 6.45) is 21.3. The van der Waals surface area contributed by atoms with E-state index in [1.165, 1.54) is 70.6 Å². The number of ketones is 1. The zero-order chi connectivity index (χ0) is 18.0. The Bertz CT molecular complexity index is 350. The highest BCUT2D eigenvalue weighted by Gasteiger charge is 2.17. The van der Waals surface area contributed by atoms with E-state index < -0.39 is 11.8 Å². The summed E-state index contributed by atoms with van der Waals surface area (Å²) in [7, 11) is 0. The van der Waals surface area contributed by atoms with Gasteiger partial charge in [-0.05, 0) is 39.0 Å². The summed E-state index contributed by atoms with van der Waals surface area (Å²) in [6.45, 7) is 3.86. The fraction of sp³-hybridized carbons (Fsp3) is 0.810. The van der Waals surface area contributed by atoms with Gasteiger partial charge in [-0.15, -0.1) is 0 Å². The van der Waals surface area contributed by atoms with Crippen molar-refractivity contribution in [2.75, 3.05) is 0 Å². The number of allylic oxidation sites excluding steroid dienone is 2. The maximum atomic E-state index is 11.6. The molecule has 0 aliphatic rings. The van der Waals surface area contributed by atoms with Crippen molar-refractivity contribution in [2.45, 2.75) is 104 Å². The number of primary amides is 1. The highest BCUT2D eigenvalue weighted by Crippen LogP contribution is 2.11. The van der Waals surface area contributed by atoms with E-state index in [0.717, 1.165) is 12.8 Å². The molecular weight excluding hydrogens is 298 g/mol. The monoisotopic (exact) mass is 337 g/mol. The molecule has 0 aromatic heterocycles. The van der Waals surface area contributed by atoms with E-state index in [9.17, 15) is 9.59 Å². The molecule has 1 unspecified atom stereocenters. The van der Waals surface area contributed by atoms with Gasteiger partial charge >= 0.3 is 0 Å². The lowest BCUT2D eigenvalue weighted by molar-refractivity contribution is -0.131. The van der Waals surface area contributed by atoms with E-state index in [2.05, 4.69) is 19.1 Å². The number of carbonyl (C=O) groups is 2. The third kappa shape index (κ3) is 14.5. The SMILES string of the molecule is CCCCCCCC/C=C\CCCCCCCC(=O)C(C)C(N)=O. The predicted molar refractivity (Wildman–Crippen MR) is 103 cm³/mol. The fourth-order valence-electron chi connectivity index (χ4n) is 2.75. The Morgan fingerprint density at radius 3 is 1.75 bits per heavy atom. The van der Waals surface area contributed by atoms with Gasteiger partial charge in [-0.3, -0.25) is 9.59 Å². The molecule has 1 atom stereocenters. The topological polar surface area (TPSA) is 60.2 Å². The summed E-state index contributed by atoms with van der Waals surface area (Å²) >= 11 is 0. The fourth-order valence-corrected chi connectivity index (χ4v) is 2.75. The minimum atomic E-state index is -0.623. The van der Waals surface area contributed by atoms with Crippen molar-refractivity contribution in [2.24, 2.45) is 11.7 Å². The number of hydrogen-bond donors (Lipinski definition) is 1. The van der Waals surface area contributed by atoms with Gasteiger partial charge in [0.2, 0.25) is 5.91 Å². The van der Waals surface area contributed by atoms with E-state index in [1.54, 1.807) is 6.92 Å². The van der Waals surface area contributed by atoms with Crippen LogP contribution in [0.2, 0.25) is 0 Å². The van der Waals surface area contributed by atoms with Gasteiger partial charge in [-0.2, -0.15) is 0 Å². The van der Waals surface area contributed by atoms with Gasteiger partial charge in [0.15, 0.2) is 0 Å². The summed E-state index contributed by atoms with van der Waals surface area (Å²) in [6, 6.07) is 0. The average Bonchev–Trinajstić information content (AvgIpc) is 2.57. The molecule has 0 rings (SSSR count). The van der Waals surface area contributed by atoms with Crippen LogP contribution in [0.5, 0.6) is 0 Å². The van der Waals surface area contributed by atoms with Crippen LogP contribution in [0.3, 0.4) is 0 Å². The summed E-state index contributed by atoms with van der Waals surface area (Å²) in [4.78, 5) is 22.5. The van der Waals surface area contributed by atoms with Crippen molar-refractivity contribution in [1.82, 2.24) is 0 Å². The molecule has 24 heavy (non-hydrogen) atoms. The summed E-state index contributed by atoms with van der Waals surface area (Å²) in [5.41, 5.74) is 5.13. The number of unbranched alkanes of at least 4 members (excludes halogenated alkanes) is 11. The molecule has 0 aliphatic heterocycles. The van der Waals surface area contributed by atoms with Crippen molar-refractivity contribution in [3.63, 3.8) is 0 Å². The summed E-state index contributed by atoms with van der Waals surface area (Å²) in [5, 5.41) is 0. The minimum Gasteiger partial charge on any atom is -0.369 e. The second-order valence-corrected chi connectivity index (χ2v) is 6.92. The number of rotatable bonds is 17. The maximum Gasteiger partial charge on any atom is 0.227 e. The second kappa shape index (κ2) is 16.7. The van der Waals surface area contributed by atoms with Crippen LogP contribution in [0, 0.1) is 5.92 Å². The molecule has 0 fully saturated rings. The number of nitrogens with two attached hydrogens (primary N) is 1. The standard InChI is InChI=1S/C21H39NO2/c1-3-4-5-6-7-8-9-10-11-12-13-14-15-16-17-18-20(23)19(2)21(22)24/h10-11,19H,3-9,12-18H2,1-2H3,(H2,22,24)/b11-10-. The Morgan fingerprint density at radius 1 is 0.792 bits per heavy atom. The lowest BCUT2D eigenvalue weighted by Gasteiger charge is -2.05. The summed E-state index contributed by atoms with van der Waals surface area (Å²) < 4.78 is 0. The molecule has 0 aliphatic carbocycles. The van der Waals surface area contributed by atoms with E-state index in [-0.39, 0.29) is 5.78 Å². The van der Waals surface area contributed by atoms with Crippen molar-refractivity contribution >= 4 is 11.7 Å². The molecule has 0 spiro atoms. The highest BCUT2D eigenvalue weighted by molar-refractivity contribution is 6.00. The Morgan fingerprint density at radius 2 is 1.25 bits per heavy atom. The van der Waals surface area contributed by atoms with Crippen LogP contribution in [-0.4, -0.2) is 11.7 Å². The number of carbonyl (C=O) groups excluding carboxylic acids is 2. The molecule has 0 saturated carbocycles. The maximum absolute atomic E-state index is 11.6. The molecular formula is C21H39NO2. The van der Waals surface area contributed by atoms with E-state index >= 15 is 0 Å². The van der Waals surface area contributed by atoms with Gasteiger partial charge in [0.05, 0.1) is 5.92 Å². The molecule has 0 radical (unpaired) electrons. The molecule has 0 aromatic carbocycles. The Kier molecular flexibility index (Phi) is 15.9. The zero-order valence-electron chi connectivity index (χ0n) is 16.0. The minimum absolute atomic E-state index is 0.0138. The van der Waals surface area contributed by atoms with Crippen LogP contribution in [0.25, 0.3) is 0 Å². The highest BCUT2D eigenvalue weighted by atomic mass is 16.2. The molecule has 3 nitrogen and oxygen atoms in total. The number of amides is 1. The second-order valence-electron chi connectivity index (χ2n) is 6.92. The largest absolute Gasteiger partial charge is 0.369 e. The van der Waals surface area contributed by atoms with Crippen molar-refractivity contribution < 1.29 is 9.59 Å². The number of Topliss-reactive ketones (excluding diaryl/α,β-unsaturated/α-hetero) is 1. The van der Waals surface area contributed by atoms with Crippen LogP contribution < -0.4 is 5.73 Å².